The van der Waals surface area contributed by atoms with E-state index in [4.69, 9.17) is 14.5 Å². The van der Waals surface area contributed by atoms with Crippen LogP contribution in [0.15, 0.2) is 29.3 Å². The number of hydrogen-bond donors (Lipinski definition) is 1. The molecule has 3 rings (SSSR count). The zero-order valence-electron chi connectivity index (χ0n) is 14.1. The minimum atomic E-state index is -0.0271. The number of fused-ring (bicyclic) bond motifs is 1. The molecular formula is C18H27N3O2. The van der Waals surface area contributed by atoms with Gasteiger partial charge in [-0.2, -0.15) is 0 Å². The van der Waals surface area contributed by atoms with Crippen LogP contribution < -0.4 is 14.8 Å². The monoisotopic (exact) mass is 317 g/mol. The summed E-state index contributed by atoms with van der Waals surface area (Å²) < 4.78 is 11.8. The summed E-state index contributed by atoms with van der Waals surface area (Å²) in [7, 11) is 0. The number of nitrogens with one attached hydrogen (secondary N) is 1. The molecule has 1 aromatic rings. The molecule has 23 heavy (non-hydrogen) atoms. The molecule has 0 spiro atoms. The van der Waals surface area contributed by atoms with E-state index in [-0.39, 0.29) is 6.10 Å². The minimum Gasteiger partial charge on any atom is -0.486 e. The standard InChI is InChI=1S/C18H27N3O2/c1-3-19-18(21-10-6-7-14(2)12-21)20-11-15-13-22-16-8-4-5-9-17(16)23-15/h4-5,8-9,14-15H,3,6-7,10-13H2,1-2H3,(H,19,20). The summed E-state index contributed by atoms with van der Waals surface area (Å²) in [6.07, 6.45) is 2.52. The second kappa shape index (κ2) is 7.57. The Balaban J connectivity index is 1.62. The van der Waals surface area contributed by atoms with E-state index < -0.39 is 0 Å². The lowest BCUT2D eigenvalue weighted by atomic mass is 10.0. The summed E-state index contributed by atoms with van der Waals surface area (Å²) >= 11 is 0. The van der Waals surface area contributed by atoms with Gasteiger partial charge in [0.15, 0.2) is 23.6 Å². The molecule has 2 aliphatic rings. The molecule has 0 aliphatic carbocycles. The quantitative estimate of drug-likeness (QED) is 0.687. The van der Waals surface area contributed by atoms with E-state index in [0.29, 0.717) is 13.2 Å². The average Bonchev–Trinajstić information content (AvgIpc) is 2.58. The number of aliphatic imine (C=N–C) groups is 1. The van der Waals surface area contributed by atoms with Gasteiger partial charge in [-0.3, -0.25) is 0 Å². The SMILES string of the molecule is CCNC(=NCC1COc2ccccc2O1)N1CCCC(C)C1. The topological polar surface area (TPSA) is 46.1 Å². The van der Waals surface area contributed by atoms with Crippen molar-refractivity contribution in [1.29, 1.82) is 0 Å². The lowest BCUT2D eigenvalue weighted by molar-refractivity contribution is 0.0968. The van der Waals surface area contributed by atoms with Crippen LogP contribution >= 0.6 is 0 Å². The number of rotatable bonds is 3. The largest absolute Gasteiger partial charge is 0.486 e. The predicted octanol–water partition coefficient (Wildman–Crippen LogP) is 2.52. The molecule has 0 aromatic heterocycles. The number of para-hydroxylation sites is 2. The molecule has 0 radical (unpaired) electrons. The highest BCUT2D eigenvalue weighted by Gasteiger charge is 2.22. The van der Waals surface area contributed by atoms with Crippen molar-refractivity contribution in [3.8, 4) is 11.5 Å². The van der Waals surface area contributed by atoms with Crippen LogP contribution in [0.5, 0.6) is 11.5 Å². The van der Waals surface area contributed by atoms with Gasteiger partial charge in [-0.1, -0.05) is 19.1 Å². The summed E-state index contributed by atoms with van der Waals surface area (Å²) in [6.45, 7) is 8.63. The molecule has 2 atom stereocenters. The molecule has 1 N–H and O–H groups in total. The molecule has 0 bridgehead atoms. The highest BCUT2D eigenvalue weighted by molar-refractivity contribution is 5.80. The first-order valence-electron chi connectivity index (χ1n) is 8.68. The van der Waals surface area contributed by atoms with Gasteiger partial charge in [-0.05, 0) is 37.8 Å². The summed E-state index contributed by atoms with van der Waals surface area (Å²) in [5, 5.41) is 3.41. The number of benzene rings is 1. The van der Waals surface area contributed by atoms with Crippen molar-refractivity contribution in [1.82, 2.24) is 10.2 Å². The molecule has 1 aromatic carbocycles. The zero-order valence-corrected chi connectivity index (χ0v) is 14.1. The Hall–Kier alpha value is -1.91. The van der Waals surface area contributed by atoms with Crippen molar-refractivity contribution < 1.29 is 9.47 Å². The Bertz CT molecular complexity index is 547. The van der Waals surface area contributed by atoms with Crippen molar-refractivity contribution in [2.24, 2.45) is 10.9 Å². The Kier molecular flexibility index (Phi) is 5.26. The van der Waals surface area contributed by atoms with E-state index in [9.17, 15) is 0 Å². The Morgan fingerprint density at radius 3 is 2.96 bits per heavy atom. The molecule has 5 nitrogen and oxygen atoms in total. The summed E-state index contributed by atoms with van der Waals surface area (Å²) in [4.78, 5) is 7.16. The number of hydrogen-bond acceptors (Lipinski definition) is 3. The van der Waals surface area contributed by atoms with E-state index in [1.807, 2.05) is 24.3 Å². The zero-order chi connectivity index (χ0) is 16.1. The van der Waals surface area contributed by atoms with Gasteiger partial charge in [0, 0.05) is 19.6 Å². The molecule has 0 saturated carbocycles. The van der Waals surface area contributed by atoms with E-state index in [1.165, 1.54) is 12.8 Å². The number of guanidine groups is 1. The van der Waals surface area contributed by atoms with Crippen molar-refractivity contribution >= 4 is 5.96 Å². The molecule has 1 saturated heterocycles. The third kappa shape index (κ3) is 4.09. The highest BCUT2D eigenvalue weighted by atomic mass is 16.6. The minimum absolute atomic E-state index is 0.0271. The molecule has 2 heterocycles. The van der Waals surface area contributed by atoms with Gasteiger partial charge in [0.05, 0.1) is 6.54 Å². The molecule has 0 amide bonds. The van der Waals surface area contributed by atoms with Gasteiger partial charge in [0.2, 0.25) is 0 Å². The molecule has 1 fully saturated rings. The third-order valence-corrected chi connectivity index (χ3v) is 4.30. The van der Waals surface area contributed by atoms with Crippen LogP contribution in [0.1, 0.15) is 26.7 Å². The van der Waals surface area contributed by atoms with E-state index in [1.54, 1.807) is 0 Å². The first-order valence-corrected chi connectivity index (χ1v) is 8.68. The second-order valence-electron chi connectivity index (χ2n) is 6.39. The van der Waals surface area contributed by atoms with Gasteiger partial charge < -0.3 is 19.7 Å². The van der Waals surface area contributed by atoms with Crippen LogP contribution in [0.4, 0.5) is 0 Å². The maximum absolute atomic E-state index is 5.99. The molecule has 2 aliphatic heterocycles. The van der Waals surface area contributed by atoms with E-state index in [2.05, 4.69) is 24.1 Å². The predicted molar refractivity (Wildman–Crippen MR) is 92.3 cm³/mol. The first-order chi connectivity index (χ1) is 11.3. The highest BCUT2D eigenvalue weighted by Crippen LogP contribution is 2.30. The van der Waals surface area contributed by atoms with Crippen LogP contribution in [-0.4, -0.2) is 49.7 Å². The van der Waals surface area contributed by atoms with E-state index >= 15 is 0 Å². The van der Waals surface area contributed by atoms with Gasteiger partial charge in [0.25, 0.3) is 0 Å². The van der Waals surface area contributed by atoms with Crippen molar-refractivity contribution in [2.45, 2.75) is 32.8 Å². The van der Waals surface area contributed by atoms with E-state index in [0.717, 1.165) is 43.0 Å². The van der Waals surface area contributed by atoms with Gasteiger partial charge >= 0.3 is 0 Å². The van der Waals surface area contributed by atoms with Gasteiger partial charge in [0.1, 0.15) is 6.61 Å². The van der Waals surface area contributed by atoms with Crippen molar-refractivity contribution in [3.05, 3.63) is 24.3 Å². The fraction of sp³-hybridized carbons (Fsp3) is 0.611. The third-order valence-electron chi connectivity index (χ3n) is 4.30. The second-order valence-corrected chi connectivity index (χ2v) is 6.39. The Morgan fingerprint density at radius 1 is 1.35 bits per heavy atom. The van der Waals surface area contributed by atoms with Gasteiger partial charge in [-0.15, -0.1) is 0 Å². The van der Waals surface area contributed by atoms with Crippen LogP contribution in [0.25, 0.3) is 0 Å². The maximum atomic E-state index is 5.99. The average molecular weight is 317 g/mol. The lowest BCUT2D eigenvalue weighted by Crippen LogP contribution is -2.46. The Morgan fingerprint density at radius 2 is 2.17 bits per heavy atom. The van der Waals surface area contributed by atoms with Crippen LogP contribution in [-0.2, 0) is 0 Å². The van der Waals surface area contributed by atoms with Gasteiger partial charge in [-0.25, -0.2) is 4.99 Å². The smallest absolute Gasteiger partial charge is 0.194 e. The van der Waals surface area contributed by atoms with Crippen LogP contribution in [0, 0.1) is 5.92 Å². The summed E-state index contributed by atoms with van der Waals surface area (Å²) in [5.41, 5.74) is 0. The first kappa shape index (κ1) is 16.0. The van der Waals surface area contributed by atoms with Crippen LogP contribution in [0.2, 0.25) is 0 Å². The number of piperidine rings is 1. The molecule has 126 valence electrons. The fourth-order valence-corrected chi connectivity index (χ4v) is 3.15. The normalized spacial score (nSPS) is 24.4. The fourth-order valence-electron chi connectivity index (χ4n) is 3.15. The molecular weight excluding hydrogens is 290 g/mol. The molecule has 5 heteroatoms. The summed E-state index contributed by atoms with van der Waals surface area (Å²) in [6, 6.07) is 7.81. The Labute approximate surface area is 138 Å². The van der Waals surface area contributed by atoms with Crippen molar-refractivity contribution in [3.63, 3.8) is 0 Å². The molecule has 2 unspecified atom stereocenters. The summed E-state index contributed by atoms with van der Waals surface area (Å²) in [5.74, 6) is 3.37. The lowest BCUT2D eigenvalue weighted by Gasteiger charge is -2.34. The van der Waals surface area contributed by atoms with Crippen molar-refractivity contribution in [2.75, 3.05) is 32.8 Å². The van der Waals surface area contributed by atoms with Crippen LogP contribution in [0.3, 0.4) is 0 Å². The number of ether oxygens (including phenoxy) is 2. The number of likely N-dealkylation sites (tertiary alicyclic amines) is 1. The maximum Gasteiger partial charge on any atom is 0.194 e. The number of nitrogens with zero attached hydrogens (tertiary/aromatic N) is 2.